The molecule has 0 aromatic rings. The Kier molecular flexibility index (Phi) is 49.6. The van der Waals surface area contributed by atoms with Crippen LogP contribution < -0.4 is 5.32 Å². The van der Waals surface area contributed by atoms with E-state index in [1.807, 2.05) is 48.6 Å². The number of aliphatic hydroxyl groups is 5. The number of rotatable bonds is 50. The molecule has 0 bridgehead atoms. The van der Waals surface area contributed by atoms with Gasteiger partial charge in [-0.2, -0.15) is 0 Å². The first kappa shape index (κ1) is 72.1. The molecule has 1 rings (SSSR count). The van der Waals surface area contributed by atoms with E-state index >= 15 is 0 Å². The first-order valence-corrected chi connectivity index (χ1v) is 30.9. The van der Waals surface area contributed by atoms with Crippen molar-refractivity contribution in [2.45, 2.75) is 275 Å². The lowest BCUT2D eigenvalue weighted by Crippen LogP contribution is -2.61. The summed E-state index contributed by atoms with van der Waals surface area (Å²) in [5.41, 5.74) is 0. The molecular formula is C67H111NO10. The summed E-state index contributed by atoms with van der Waals surface area (Å²) >= 11 is 0. The van der Waals surface area contributed by atoms with Crippen molar-refractivity contribution in [1.82, 2.24) is 5.32 Å². The van der Waals surface area contributed by atoms with Gasteiger partial charge in [-0.25, -0.2) is 0 Å². The third kappa shape index (κ3) is 41.1. The van der Waals surface area contributed by atoms with Crippen LogP contribution in [0.2, 0.25) is 0 Å². The molecule has 0 spiro atoms. The first-order valence-electron chi connectivity index (χ1n) is 30.9. The zero-order valence-corrected chi connectivity index (χ0v) is 49.0. The van der Waals surface area contributed by atoms with Crippen molar-refractivity contribution in [3.63, 3.8) is 0 Å². The van der Waals surface area contributed by atoms with Gasteiger partial charge in [0.15, 0.2) is 12.4 Å². The Bertz CT molecular complexity index is 1730. The van der Waals surface area contributed by atoms with Gasteiger partial charge in [0, 0.05) is 6.42 Å². The number of unbranched alkanes of at least 4 members (excludes halogenated alkanes) is 21. The van der Waals surface area contributed by atoms with Gasteiger partial charge in [-0.15, -0.1) is 0 Å². The van der Waals surface area contributed by atoms with Gasteiger partial charge in [0.2, 0.25) is 5.91 Å². The van der Waals surface area contributed by atoms with E-state index in [1.165, 1.54) is 70.6 Å². The quantitative estimate of drug-likeness (QED) is 0.0149. The van der Waals surface area contributed by atoms with Crippen molar-refractivity contribution < 1.29 is 49.3 Å². The maximum Gasteiger partial charge on any atom is 0.306 e. The molecule has 8 unspecified atom stereocenters. The third-order valence-electron chi connectivity index (χ3n) is 13.7. The standard InChI is InChI=1S/C67H111NO10/c1-4-7-10-13-16-19-22-25-26-27-28-29-30-31-32-33-34-35-36-37-40-43-46-49-52-55-62(72)78-65-64(74)63(73)61(56-69)77-67(65)76-57-58(59(70)53-50-47-44-41-38-23-20-17-14-11-8-5-2)68-66(75)60(71)54-51-48-45-42-39-24-21-18-15-12-9-6-3/h7,9-10,12,15-16,18-19,21,24-26,28-29,31-32,39,42,50,53,58-61,63-65,67,69-71,73-74H,4-6,8,11,13-14,17,20,22-23,27,30,33-38,40-41,43-49,51-52,54-57H2,1-3H3,(H,68,75)/b10-7-,12-9+,18-15+,19-16-,24-21-,26-25-,29-28-,32-31-,42-39-,53-50+. The molecule has 0 aromatic heterocycles. The number of esters is 1. The van der Waals surface area contributed by atoms with Crippen LogP contribution in [-0.2, 0) is 23.8 Å². The summed E-state index contributed by atoms with van der Waals surface area (Å²) in [6.45, 7) is 5.48. The van der Waals surface area contributed by atoms with E-state index in [9.17, 15) is 35.1 Å². The second-order valence-corrected chi connectivity index (χ2v) is 20.8. The molecule has 1 saturated heterocycles. The number of amides is 1. The number of carbonyl (C=O) groups is 2. The molecule has 78 heavy (non-hydrogen) atoms. The Hall–Kier alpha value is -3.94. The molecule has 6 N–H and O–H groups in total. The summed E-state index contributed by atoms with van der Waals surface area (Å²) in [5.74, 6) is -1.25. The van der Waals surface area contributed by atoms with E-state index in [-0.39, 0.29) is 19.4 Å². The van der Waals surface area contributed by atoms with Crippen LogP contribution in [0.15, 0.2) is 122 Å². The van der Waals surface area contributed by atoms with Gasteiger partial charge in [0.05, 0.1) is 25.4 Å². The van der Waals surface area contributed by atoms with Crippen LogP contribution in [-0.4, -0.2) is 99.6 Å². The minimum Gasteiger partial charge on any atom is -0.454 e. The fraction of sp³-hybridized carbons (Fsp3) is 0.672. The van der Waals surface area contributed by atoms with Gasteiger partial charge >= 0.3 is 5.97 Å². The normalized spacial score (nSPS) is 19.8. The van der Waals surface area contributed by atoms with Crippen LogP contribution in [0.25, 0.3) is 0 Å². The number of ether oxygens (including phenoxy) is 3. The van der Waals surface area contributed by atoms with Gasteiger partial charge in [0.1, 0.15) is 24.4 Å². The van der Waals surface area contributed by atoms with E-state index in [4.69, 9.17) is 14.2 Å². The number of hydrogen-bond acceptors (Lipinski definition) is 10. The van der Waals surface area contributed by atoms with E-state index in [1.54, 1.807) is 6.08 Å². The molecule has 0 aliphatic carbocycles. The van der Waals surface area contributed by atoms with Crippen molar-refractivity contribution in [3.8, 4) is 0 Å². The van der Waals surface area contributed by atoms with Gasteiger partial charge in [-0.05, 0) is 89.9 Å². The second-order valence-electron chi connectivity index (χ2n) is 20.8. The summed E-state index contributed by atoms with van der Waals surface area (Å²) in [7, 11) is 0. The smallest absolute Gasteiger partial charge is 0.306 e. The highest BCUT2D eigenvalue weighted by atomic mass is 16.7. The van der Waals surface area contributed by atoms with Gasteiger partial charge < -0.3 is 45.1 Å². The van der Waals surface area contributed by atoms with Crippen LogP contribution in [0.5, 0.6) is 0 Å². The Labute approximate surface area is 474 Å². The predicted octanol–water partition coefficient (Wildman–Crippen LogP) is 14.7. The Morgan fingerprint density at radius 2 is 0.987 bits per heavy atom. The van der Waals surface area contributed by atoms with Crippen LogP contribution in [0.4, 0.5) is 0 Å². The van der Waals surface area contributed by atoms with Crippen molar-refractivity contribution in [2.24, 2.45) is 0 Å². The third-order valence-corrected chi connectivity index (χ3v) is 13.7. The van der Waals surface area contributed by atoms with Crippen molar-refractivity contribution >= 4 is 11.9 Å². The van der Waals surface area contributed by atoms with Crippen LogP contribution in [0.1, 0.15) is 226 Å². The maximum absolute atomic E-state index is 13.4. The topological polar surface area (TPSA) is 175 Å². The molecule has 11 heteroatoms. The molecule has 1 heterocycles. The van der Waals surface area contributed by atoms with E-state index < -0.39 is 67.4 Å². The largest absolute Gasteiger partial charge is 0.454 e. The number of nitrogens with one attached hydrogen (secondary N) is 1. The molecule has 1 aliphatic rings. The summed E-state index contributed by atoms with van der Waals surface area (Å²) < 4.78 is 17.6. The number of aliphatic hydroxyl groups excluding tert-OH is 5. The van der Waals surface area contributed by atoms with E-state index in [0.29, 0.717) is 12.8 Å². The summed E-state index contributed by atoms with van der Waals surface area (Å²) in [4.78, 5) is 26.5. The molecule has 11 nitrogen and oxygen atoms in total. The molecule has 0 radical (unpaired) electrons. The van der Waals surface area contributed by atoms with Gasteiger partial charge in [-0.3, -0.25) is 9.59 Å². The average Bonchev–Trinajstić information content (AvgIpc) is 3.44. The van der Waals surface area contributed by atoms with Crippen LogP contribution >= 0.6 is 0 Å². The van der Waals surface area contributed by atoms with Crippen LogP contribution in [0.3, 0.4) is 0 Å². The molecule has 8 atom stereocenters. The summed E-state index contributed by atoms with van der Waals surface area (Å²) in [6.07, 6.45) is 63.9. The first-order chi connectivity index (χ1) is 38.2. The zero-order valence-electron chi connectivity index (χ0n) is 49.0. The highest BCUT2D eigenvalue weighted by Gasteiger charge is 2.47. The molecular weight excluding hydrogens is 979 g/mol. The Morgan fingerprint density at radius 3 is 1.54 bits per heavy atom. The van der Waals surface area contributed by atoms with Crippen molar-refractivity contribution in [3.05, 3.63) is 122 Å². The second kappa shape index (κ2) is 53.7. The zero-order chi connectivity index (χ0) is 56.8. The molecule has 0 aromatic carbocycles. The lowest BCUT2D eigenvalue weighted by Gasteiger charge is -2.41. The van der Waals surface area contributed by atoms with Crippen molar-refractivity contribution in [2.75, 3.05) is 13.2 Å². The summed E-state index contributed by atoms with van der Waals surface area (Å²) in [6, 6.07) is -1.05. The minimum absolute atomic E-state index is 0.104. The highest BCUT2D eigenvalue weighted by Crippen LogP contribution is 2.26. The lowest BCUT2D eigenvalue weighted by molar-refractivity contribution is -0.305. The van der Waals surface area contributed by atoms with Gasteiger partial charge in [-0.1, -0.05) is 251 Å². The lowest BCUT2D eigenvalue weighted by atomic mass is 9.99. The highest BCUT2D eigenvalue weighted by molar-refractivity contribution is 5.80. The molecule has 1 amide bonds. The van der Waals surface area contributed by atoms with Crippen molar-refractivity contribution in [1.29, 1.82) is 0 Å². The Balaban J connectivity index is 2.64. The maximum atomic E-state index is 13.4. The number of hydrogen-bond donors (Lipinski definition) is 6. The Morgan fingerprint density at radius 1 is 0.526 bits per heavy atom. The molecule has 0 saturated carbocycles. The number of allylic oxidation sites excluding steroid dienone is 19. The number of carbonyl (C=O) groups excluding carboxylic acids is 2. The van der Waals surface area contributed by atoms with Crippen LogP contribution in [0, 0.1) is 0 Å². The molecule has 1 fully saturated rings. The SMILES string of the molecule is CC/C=C\C/C=C\C/C=C\C/C=C\C/C=C\CCCCCCCCCCCC(=O)OC1C(OCC(NC(=O)C(O)CCCC\C=C/C=C\C=C\C=C\CC)C(O)/C=C/CCCCCCCCCCCC)OC(CO)C(O)C1O. The van der Waals surface area contributed by atoms with E-state index in [0.717, 1.165) is 109 Å². The molecule has 444 valence electrons. The van der Waals surface area contributed by atoms with Gasteiger partial charge in [0.25, 0.3) is 0 Å². The van der Waals surface area contributed by atoms with E-state index in [2.05, 4.69) is 92.9 Å². The fourth-order valence-corrected chi connectivity index (χ4v) is 8.86. The monoisotopic (exact) mass is 1090 g/mol. The summed E-state index contributed by atoms with van der Waals surface area (Å²) in [5, 5.41) is 56.8. The minimum atomic E-state index is -1.63. The predicted molar refractivity (Wildman–Crippen MR) is 324 cm³/mol. The molecule has 1 aliphatic heterocycles. The average molecular weight is 1090 g/mol. The fourth-order valence-electron chi connectivity index (χ4n) is 8.86.